The van der Waals surface area contributed by atoms with Gasteiger partial charge in [0.2, 0.25) is 0 Å². The van der Waals surface area contributed by atoms with E-state index in [1.54, 1.807) is 13.2 Å². The highest BCUT2D eigenvalue weighted by Crippen LogP contribution is 2.31. The first kappa shape index (κ1) is 34.7. The van der Waals surface area contributed by atoms with Crippen molar-refractivity contribution >= 4 is 23.7 Å². The summed E-state index contributed by atoms with van der Waals surface area (Å²) in [6.45, 7) is 2.95. The van der Waals surface area contributed by atoms with Crippen molar-refractivity contribution in [1.29, 1.82) is 0 Å². The number of benzene rings is 3. The first-order valence-corrected chi connectivity index (χ1v) is 15.8. The van der Waals surface area contributed by atoms with Crippen LogP contribution in [0.5, 0.6) is 11.5 Å². The Balaban J connectivity index is 1.17. The molecule has 5 rings (SSSR count). The molecular formula is C36H40FN3O8. The average Bonchev–Trinajstić information content (AvgIpc) is 3.76. The molecule has 0 unspecified atom stereocenters. The van der Waals surface area contributed by atoms with Crippen LogP contribution in [0.25, 0.3) is 6.08 Å². The van der Waals surface area contributed by atoms with Crippen LogP contribution in [0.4, 0.5) is 4.39 Å². The zero-order valence-electron chi connectivity index (χ0n) is 27.0. The number of hydrogen-bond acceptors (Lipinski definition) is 9. The van der Waals surface area contributed by atoms with Gasteiger partial charge in [0.25, 0.3) is 11.8 Å². The molecule has 11 nitrogen and oxygen atoms in total. The molecule has 0 aromatic heterocycles. The van der Waals surface area contributed by atoms with Gasteiger partial charge in [0.1, 0.15) is 17.9 Å². The Morgan fingerprint density at radius 1 is 0.771 bits per heavy atom. The number of carbonyl (C=O) groups excluding carboxylic acids is 3. The fraction of sp³-hybridized carbons (Fsp3) is 0.361. The van der Waals surface area contributed by atoms with E-state index in [4.69, 9.17) is 23.7 Å². The molecule has 0 bridgehead atoms. The fourth-order valence-corrected chi connectivity index (χ4v) is 5.51. The maximum absolute atomic E-state index is 15.4. The predicted molar refractivity (Wildman–Crippen MR) is 176 cm³/mol. The predicted octanol–water partition coefficient (Wildman–Crippen LogP) is 3.19. The van der Waals surface area contributed by atoms with E-state index in [2.05, 4.69) is 22.0 Å². The van der Waals surface area contributed by atoms with E-state index in [0.717, 1.165) is 17.5 Å². The summed E-state index contributed by atoms with van der Waals surface area (Å²) >= 11 is 0. The van der Waals surface area contributed by atoms with Crippen molar-refractivity contribution in [2.45, 2.75) is 18.5 Å². The highest BCUT2D eigenvalue weighted by atomic mass is 19.1. The number of ketones is 1. The standard InChI is InChI=1S/C36H40FN3O8/c1-44-14-15-46-16-17-47-18-19-48-30-12-13-31(45-2)33(37)32(30)34(41)24-7-9-25(10-8-24)35(42)39-28-21-38-22-29(28)40-36(43)27-11-6-23-4-3-5-26(23)20-27/h3-4,6-13,20,28-29,38H,5,14-19,21-22H2,1-2H3,(H,39,42)(H,40,43)/t28-,29-/m1/s1. The summed E-state index contributed by atoms with van der Waals surface area (Å²) in [5.41, 5.74) is 2.98. The second-order valence-electron chi connectivity index (χ2n) is 11.3. The van der Waals surface area contributed by atoms with Gasteiger partial charge in [0.15, 0.2) is 17.3 Å². The number of fused-ring (bicyclic) bond motifs is 1. The molecule has 1 fully saturated rings. The maximum atomic E-state index is 15.4. The number of carbonyl (C=O) groups is 3. The van der Waals surface area contributed by atoms with Gasteiger partial charge < -0.3 is 39.6 Å². The van der Waals surface area contributed by atoms with Crippen molar-refractivity contribution in [3.63, 3.8) is 0 Å². The van der Waals surface area contributed by atoms with Crippen LogP contribution in [0.2, 0.25) is 0 Å². The van der Waals surface area contributed by atoms with Crippen molar-refractivity contribution in [3.8, 4) is 11.5 Å². The molecule has 2 amide bonds. The number of hydrogen-bond donors (Lipinski definition) is 3. The van der Waals surface area contributed by atoms with Gasteiger partial charge in [-0.3, -0.25) is 14.4 Å². The fourth-order valence-electron chi connectivity index (χ4n) is 5.51. The van der Waals surface area contributed by atoms with E-state index in [1.165, 1.54) is 43.5 Å². The van der Waals surface area contributed by atoms with Crippen LogP contribution in [0, 0.1) is 5.82 Å². The summed E-state index contributed by atoms with van der Waals surface area (Å²) in [5.74, 6) is -2.13. The first-order chi connectivity index (χ1) is 23.4. The number of rotatable bonds is 17. The number of allylic oxidation sites excluding steroid dienone is 1. The highest BCUT2D eigenvalue weighted by molar-refractivity contribution is 6.11. The molecule has 1 heterocycles. The zero-order valence-corrected chi connectivity index (χ0v) is 27.0. The smallest absolute Gasteiger partial charge is 0.251 e. The van der Waals surface area contributed by atoms with Crippen LogP contribution in [-0.4, -0.2) is 96.6 Å². The first-order valence-electron chi connectivity index (χ1n) is 15.8. The molecule has 1 aliphatic carbocycles. The van der Waals surface area contributed by atoms with Crippen molar-refractivity contribution in [2.24, 2.45) is 0 Å². The largest absolute Gasteiger partial charge is 0.494 e. The van der Waals surface area contributed by atoms with Crippen LogP contribution in [0.15, 0.2) is 60.7 Å². The summed E-state index contributed by atoms with van der Waals surface area (Å²) in [7, 11) is 2.90. The minimum Gasteiger partial charge on any atom is -0.494 e. The van der Waals surface area contributed by atoms with E-state index in [-0.39, 0.29) is 59.7 Å². The molecule has 12 heteroatoms. The molecule has 3 aromatic rings. The van der Waals surface area contributed by atoms with Crippen molar-refractivity contribution in [2.75, 3.05) is 67.0 Å². The van der Waals surface area contributed by atoms with E-state index >= 15 is 4.39 Å². The number of nitrogens with one attached hydrogen (secondary N) is 3. The monoisotopic (exact) mass is 661 g/mol. The van der Waals surface area contributed by atoms with Gasteiger partial charge in [0.05, 0.1) is 52.2 Å². The molecule has 1 saturated heterocycles. The van der Waals surface area contributed by atoms with Crippen LogP contribution >= 0.6 is 0 Å². The van der Waals surface area contributed by atoms with Gasteiger partial charge >= 0.3 is 0 Å². The summed E-state index contributed by atoms with van der Waals surface area (Å²) < 4.78 is 41.9. The molecular weight excluding hydrogens is 621 g/mol. The van der Waals surface area contributed by atoms with E-state index in [0.29, 0.717) is 50.6 Å². The molecule has 3 aromatic carbocycles. The summed E-state index contributed by atoms with van der Waals surface area (Å²) in [6, 6.07) is 13.7. The Labute approximate surface area is 278 Å². The third-order valence-corrected chi connectivity index (χ3v) is 8.10. The summed E-state index contributed by atoms with van der Waals surface area (Å²) in [5, 5.41) is 9.22. The van der Waals surface area contributed by atoms with Gasteiger partial charge in [-0.15, -0.1) is 0 Å². The molecule has 0 saturated carbocycles. The normalized spacial score (nSPS) is 16.4. The van der Waals surface area contributed by atoms with Crippen LogP contribution in [0.3, 0.4) is 0 Å². The quantitative estimate of drug-likeness (QED) is 0.147. The molecule has 0 radical (unpaired) electrons. The van der Waals surface area contributed by atoms with Gasteiger partial charge in [-0.25, -0.2) is 4.39 Å². The van der Waals surface area contributed by atoms with E-state index in [9.17, 15) is 14.4 Å². The third-order valence-electron chi connectivity index (χ3n) is 8.10. The maximum Gasteiger partial charge on any atom is 0.251 e. The number of methoxy groups -OCH3 is 2. The highest BCUT2D eigenvalue weighted by Gasteiger charge is 2.31. The lowest BCUT2D eigenvalue weighted by Crippen LogP contribution is -2.51. The Morgan fingerprint density at radius 2 is 1.38 bits per heavy atom. The lowest BCUT2D eigenvalue weighted by molar-refractivity contribution is 0.0179. The van der Waals surface area contributed by atoms with Gasteiger partial charge in [-0.1, -0.05) is 30.4 Å². The van der Waals surface area contributed by atoms with Crippen LogP contribution in [0.1, 0.15) is 47.8 Å². The molecule has 1 aliphatic heterocycles. The lowest BCUT2D eigenvalue weighted by atomic mass is 10.00. The van der Waals surface area contributed by atoms with E-state index in [1.807, 2.05) is 18.2 Å². The van der Waals surface area contributed by atoms with Crippen LogP contribution in [-0.2, 0) is 20.6 Å². The Morgan fingerprint density at radius 3 is 2.06 bits per heavy atom. The molecule has 3 N–H and O–H groups in total. The average molecular weight is 662 g/mol. The molecule has 48 heavy (non-hydrogen) atoms. The molecule has 0 spiro atoms. The zero-order chi connectivity index (χ0) is 33.9. The van der Waals surface area contributed by atoms with Gasteiger partial charge in [-0.2, -0.15) is 0 Å². The van der Waals surface area contributed by atoms with Crippen molar-refractivity contribution < 1.29 is 42.5 Å². The molecule has 2 aliphatic rings. The SMILES string of the molecule is COCCOCCOCCOc1ccc(OC)c(F)c1C(=O)c1ccc(C(=O)N[C@@H]2CNC[C@H]2NC(=O)c2ccc3c(c2)CC=C3)cc1. The van der Waals surface area contributed by atoms with Crippen molar-refractivity contribution in [1.82, 2.24) is 16.0 Å². The summed E-state index contributed by atoms with van der Waals surface area (Å²) in [6.07, 6.45) is 4.90. The Kier molecular flexibility index (Phi) is 12.3. The second-order valence-corrected chi connectivity index (χ2v) is 11.3. The molecule has 2 atom stereocenters. The Hall–Kier alpha value is -4.62. The minimum absolute atomic E-state index is 0.0402. The van der Waals surface area contributed by atoms with Crippen LogP contribution < -0.4 is 25.4 Å². The topological polar surface area (TPSA) is 133 Å². The Bertz CT molecular complexity index is 1630. The number of amides is 2. The number of halogens is 1. The van der Waals surface area contributed by atoms with Gasteiger partial charge in [0, 0.05) is 36.9 Å². The summed E-state index contributed by atoms with van der Waals surface area (Å²) in [4.78, 5) is 39.7. The molecule has 254 valence electrons. The van der Waals surface area contributed by atoms with E-state index < -0.39 is 11.6 Å². The third kappa shape index (κ3) is 8.64. The second kappa shape index (κ2) is 17.0. The van der Waals surface area contributed by atoms with Gasteiger partial charge in [-0.05, 0) is 53.9 Å². The number of ether oxygens (including phenoxy) is 5. The minimum atomic E-state index is -0.854. The lowest BCUT2D eigenvalue weighted by Gasteiger charge is -2.21. The van der Waals surface area contributed by atoms with Crippen molar-refractivity contribution in [3.05, 3.63) is 99.9 Å².